The molecule has 1 heterocycles. The van der Waals surface area contributed by atoms with E-state index in [0.717, 1.165) is 23.9 Å². The fourth-order valence-corrected chi connectivity index (χ4v) is 2.95. The van der Waals surface area contributed by atoms with Crippen molar-refractivity contribution in [1.82, 2.24) is 10.2 Å². The van der Waals surface area contributed by atoms with E-state index >= 15 is 0 Å². The number of nitrogens with one attached hydrogen (secondary N) is 1. The second-order valence-corrected chi connectivity index (χ2v) is 5.53. The number of likely N-dealkylation sites (tertiary alicyclic amines) is 1. The Bertz CT molecular complexity index is 189. The minimum Gasteiger partial charge on any atom is -0.316 e. The largest absolute Gasteiger partial charge is 0.316 e. The summed E-state index contributed by atoms with van der Waals surface area (Å²) in [5, 5.41) is 3.47. The van der Waals surface area contributed by atoms with Crippen molar-refractivity contribution in [3.8, 4) is 0 Å². The van der Waals surface area contributed by atoms with Crippen LogP contribution in [0.25, 0.3) is 0 Å². The summed E-state index contributed by atoms with van der Waals surface area (Å²) in [6.45, 7) is 7.38. The summed E-state index contributed by atoms with van der Waals surface area (Å²) in [7, 11) is 2.11. The molecule has 3 atom stereocenters. The lowest BCUT2D eigenvalue weighted by Crippen LogP contribution is -2.51. The number of nitrogens with zero attached hydrogens (tertiary/aromatic N) is 1. The predicted octanol–water partition coefficient (Wildman–Crippen LogP) is 2.10. The molecule has 0 aromatic carbocycles. The van der Waals surface area contributed by atoms with Crippen LogP contribution in [-0.4, -0.2) is 37.1 Å². The van der Waals surface area contributed by atoms with Gasteiger partial charge in [-0.3, -0.25) is 4.90 Å². The van der Waals surface area contributed by atoms with Gasteiger partial charge in [0.15, 0.2) is 0 Å². The monoisotopic (exact) mass is 210 g/mol. The highest BCUT2D eigenvalue weighted by atomic mass is 15.2. The molecule has 2 heteroatoms. The van der Waals surface area contributed by atoms with Gasteiger partial charge in [0, 0.05) is 25.2 Å². The number of hydrogen-bond acceptors (Lipinski definition) is 2. The Morgan fingerprint density at radius 2 is 2.07 bits per heavy atom. The lowest BCUT2D eigenvalue weighted by molar-refractivity contribution is 0.0952. The van der Waals surface area contributed by atoms with Crippen molar-refractivity contribution in [2.24, 2.45) is 11.8 Å². The normalized spacial score (nSPS) is 35.4. The second kappa shape index (κ2) is 4.84. The van der Waals surface area contributed by atoms with Crippen LogP contribution in [-0.2, 0) is 0 Å². The molecule has 1 saturated carbocycles. The number of rotatable bonds is 4. The van der Waals surface area contributed by atoms with Gasteiger partial charge in [0.25, 0.3) is 0 Å². The molecule has 0 aromatic heterocycles. The van der Waals surface area contributed by atoms with Crippen LogP contribution >= 0.6 is 0 Å². The van der Waals surface area contributed by atoms with Crippen LogP contribution < -0.4 is 5.32 Å². The van der Waals surface area contributed by atoms with Crippen LogP contribution in [0.2, 0.25) is 0 Å². The minimum atomic E-state index is 0.727. The Morgan fingerprint density at radius 3 is 2.60 bits per heavy atom. The Morgan fingerprint density at radius 1 is 1.33 bits per heavy atom. The molecule has 15 heavy (non-hydrogen) atoms. The van der Waals surface area contributed by atoms with Crippen LogP contribution in [0.4, 0.5) is 0 Å². The predicted molar refractivity (Wildman–Crippen MR) is 65.0 cm³/mol. The van der Waals surface area contributed by atoms with Gasteiger partial charge in [0.2, 0.25) is 0 Å². The first-order chi connectivity index (χ1) is 7.24. The SMILES string of the molecule is CCC1CC(NC)CN(C(C)C2CC2)C1. The molecule has 1 aliphatic heterocycles. The molecule has 1 N–H and O–H groups in total. The lowest BCUT2D eigenvalue weighted by Gasteiger charge is -2.41. The van der Waals surface area contributed by atoms with E-state index < -0.39 is 0 Å². The van der Waals surface area contributed by atoms with Crippen molar-refractivity contribution in [2.45, 2.75) is 51.6 Å². The molecule has 1 aliphatic carbocycles. The van der Waals surface area contributed by atoms with Gasteiger partial charge in [0.1, 0.15) is 0 Å². The van der Waals surface area contributed by atoms with Crippen molar-refractivity contribution >= 4 is 0 Å². The third-order valence-corrected chi connectivity index (χ3v) is 4.43. The highest BCUT2D eigenvalue weighted by Gasteiger charge is 2.35. The first-order valence-corrected chi connectivity index (χ1v) is 6.65. The highest BCUT2D eigenvalue weighted by Crippen LogP contribution is 2.36. The average Bonchev–Trinajstić information content (AvgIpc) is 3.11. The number of hydrogen-bond donors (Lipinski definition) is 1. The third kappa shape index (κ3) is 2.73. The smallest absolute Gasteiger partial charge is 0.0195 e. The molecule has 0 amide bonds. The maximum Gasteiger partial charge on any atom is 0.0195 e. The summed E-state index contributed by atoms with van der Waals surface area (Å²) in [6.07, 6.45) is 5.66. The Hall–Kier alpha value is -0.0800. The van der Waals surface area contributed by atoms with Gasteiger partial charge in [-0.15, -0.1) is 0 Å². The van der Waals surface area contributed by atoms with E-state index in [9.17, 15) is 0 Å². The fourth-order valence-electron chi connectivity index (χ4n) is 2.95. The van der Waals surface area contributed by atoms with E-state index in [1.165, 1.54) is 38.8 Å². The molecule has 0 bridgehead atoms. The molecule has 0 aromatic rings. The van der Waals surface area contributed by atoms with Crippen molar-refractivity contribution in [1.29, 1.82) is 0 Å². The van der Waals surface area contributed by atoms with Gasteiger partial charge >= 0.3 is 0 Å². The van der Waals surface area contributed by atoms with Gasteiger partial charge in [-0.25, -0.2) is 0 Å². The van der Waals surface area contributed by atoms with E-state index in [4.69, 9.17) is 0 Å². The van der Waals surface area contributed by atoms with Crippen LogP contribution in [0, 0.1) is 11.8 Å². The van der Waals surface area contributed by atoms with Crippen molar-refractivity contribution in [2.75, 3.05) is 20.1 Å². The first-order valence-electron chi connectivity index (χ1n) is 6.65. The van der Waals surface area contributed by atoms with Gasteiger partial charge in [-0.05, 0) is 45.1 Å². The molecule has 88 valence electrons. The minimum absolute atomic E-state index is 0.727. The Labute approximate surface area is 94.4 Å². The van der Waals surface area contributed by atoms with Crippen LogP contribution in [0.15, 0.2) is 0 Å². The number of likely N-dealkylation sites (N-methyl/N-ethyl adjacent to an activating group) is 1. The second-order valence-electron chi connectivity index (χ2n) is 5.53. The fraction of sp³-hybridized carbons (Fsp3) is 1.00. The summed E-state index contributed by atoms with van der Waals surface area (Å²) in [6, 6.07) is 1.56. The molecule has 2 aliphatic rings. The molecule has 3 unspecified atom stereocenters. The molecule has 0 spiro atoms. The van der Waals surface area contributed by atoms with Crippen molar-refractivity contribution in [3.05, 3.63) is 0 Å². The standard InChI is InChI=1S/C13H26N2/c1-4-11-7-13(14-3)9-15(8-11)10(2)12-5-6-12/h10-14H,4-9H2,1-3H3. The summed E-state index contributed by atoms with van der Waals surface area (Å²) >= 11 is 0. The van der Waals surface area contributed by atoms with Gasteiger partial charge in [-0.1, -0.05) is 13.3 Å². The first kappa shape index (κ1) is 11.4. The van der Waals surface area contributed by atoms with E-state index in [2.05, 4.69) is 31.1 Å². The molecular weight excluding hydrogens is 184 g/mol. The quantitative estimate of drug-likeness (QED) is 0.764. The highest BCUT2D eigenvalue weighted by molar-refractivity contribution is 4.90. The zero-order valence-electron chi connectivity index (χ0n) is 10.5. The molecular formula is C13H26N2. The molecule has 0 radical (unpaired) electrons. The van der Waals surface area contributed by atoms with E-state index in [1.807, 2.05) is 0 Å². The van der Waals surface area contributed by atoms with Crippen LogP contribution in [0.3, 0.4) is 0 Å². The zero-order valence-corrected chi connectivity index (χ0v) is 10.5. The Balaban J connectivity index is 1.91. The van der Waals surface area contributed by atoms with E-state index in [1.54, 1.807) is 0 Å². The molecule has 2 fully saturated rings. The topological polar surface area (TPSA) is 15.3 Å². The summed E-state index contributed by atoms with van der Waals surface area (Å²) in [4.78, 5) is 2.73. The van der Waals surface area contributed by atoms with Crippen LogP contribution in [0.1, 0.15) is 39.5 Å². The number of piperidine rings is 1. The molecule has 1 saturated heterocycles. The van der Waals surface area contributed by atoms with Crippen molar-refractivity contribution in [3.63, 3.8) is 0 Å². The molecule has 2 nitrogen and oxygen atoms in total. The van der Waals surface area contributed by atoms with Gasteiger partial charge < -0.3 is 5.32 Å². The van der Waals surface area contributed by atoms with E-state index in [-0.39, 0.29) is 0 Å². The maximum absolute atomic E-state index is 3.47. The van der Waals surface area contributed by atoms with Gasteiger partial charge in [0.05, 0.1) is 0 Å². The van der Waals surface area contributed by atoms with Crippen molar-refractivity contribution < 1.29 is 0 Å². The lowest BCUT2D eigenvalue weighted by atomic mass is 9.91. The maximum atomic E-state index is 3.47. The summed E-state index contributed by atoms with van der Waals surface area (Å²) in [5.41, 5.74) is 0. The van der Waals surface area contributed by atoms with Crippen LogP contribution in [0.5, 0.6) is 0 Å². The Kier molecular flexibility index (Phi) is 3.68. The summed E-state index contributed by atoms with van der Waals surface area (Å²) in [5.74, 6) is 1.93. The van der Waals surface area contributed by atoms with E-state index in [0.29, 0.717) is 0 Å². The van der Waals surface area contributed by atoms with Gasteiger partial charge in [-0.2, -0.15) is 0 Å². The zero-order chi connectivity index (χ0) is 10.8. The molecule has 2 rings (SSSR count). The summed E-state index contributed by atoms with van der Waals surface area (Å²) < 4.78 is 0. The third-order valence-electron chi connectivity index (χ3n) is 4.43. The average molecular weight is 210 g/mol.